The van der Waals surface area contributed by atoms with E-state index >= 15 is 0 Å². The standard InChI is InChI=1S/C39H55N5O6/c1-27(2)24-31-38(48)43-33(25-28-16-8-6-9-17-28)39(49)44(3)22-14-4-5-15-23-50-34-21-13-12-20-30(34)36(46)42-32(26-35(45)41-31)37(47)40-29-18-10-7-11-19-29/h6,8-9,12-13,16-17,20-21,27,29,31-33H,4-5,7,10-11,14-15,18-19,22-26H2,1-3H3,(H,40,47)(H,41,45)(H,42,46)(H,43,48)/t31-,32-,33-/m0/s1. The Labute approximate surface area is 296 Å². The fraction of sp³-hybridized carbons (Fsp3) is 0.564. The normalized spacial score (nSPS) is 22.6. The van der Waals surface area contributed by atoms with Crippen LogP contribution < -0.4 is 26.0 Å². The molecule has 0 bridgehead atoms. The first kappa shape index (κ1) is 38.4. The Kier molecular flexibility index (Phi) is 15.1. The lowest BCUT2D eigenvalue weighted by atomic mass is 9.95. The van der Waals surface area contributed by atoms with Crippen LogP contribution in [0.4, 0.5) is 0 Å². The number of hydrogen-bond acceptors (Lipinski definition) is 6. The van der Waals surface area contributed by atoms with Crippen LogP contribution in [0.3, 0.4) is 0 Å². The largest absolute Gasteiger partial charge is 0.493 e. The van der Waals surface area contributed by atoms with Gasteiger partial charge < -0.3 is 30.9 Å². The molecule has 2 aromatic carbocycles. The third-order valence-electron chi connectivity index (χ3n) is 9.37. The number of hydrogen-bond donors (Lipinski definition) is 4. The highest BCUT2D eigenvalue weighted by molar-refractivity contribution is 6.01. The van der Waals surface area contributed by atoms with Crippen molar-refractivity contribution in [3.63, 3.8) is 0 Å². The monoisotopic (exact) mass is 689 g/mol. The maximum absolute atomic E-state index is 13.9. The summed E-state index contributed by atoms with van der Waals surface area (Å²) in [6, 6.07) is 13.4. The summed E-state index contributed by atoms with van der Waals surface area (Å²) in [4.78, 5) is 70.2. The molecule has 11 heteroatoms. The van der Waals surface area contributed by atoms with E-state index in [1.165, 1.54) is 0 Å². The zero-order valence-corrected chi connectivity index (χ0v) is 29.9. The second-order valence-electron chi connectivity index (χ2n) is 14.1. The summed E-state index contributed by atoms with van der Waals surface area (Å²) in [5.41, 5.74) is 1.17. The summed E-state index contributed by atoms with van der Waals surface area (Å²) in [6.07, 6.45) is 8.31. The highest BCUT2D eigenvalue weighted by atomic mass is 16.5. The van der Waals surface area contributed by atoms with Crippen LogP contribution in [0.15, 0.2) is 54.6 Å². The minimum Gasteiger partial charge on any atom is -0.493 e. The molecule has 0 saturated heterocycles. The molecule has 0 radical (unpaired) electrons. The summed E-state index contributed by atoms with van der Waals surface area (Å²) in [7, 11) is 1.75. The summed E-state index contributed by atoms with van der Waals surface area (Å²) >= 11 is 0. The van der Waals surface area contributed by atoms with Crippen molar-refractivity contribution in [3.8, 4) is 5.75 Å². The molecule has 50 heavy (non-hydrogen) atoms. The number of fused-ring (bicyclic) bond motifs is 1. The maximum Gasteiger partial charge on any atom is 0.255 e. The van der Waals surface area contributed by atoms with Crippen LogP contribution in [-0.4, -0.2) is 78.8 Å². The van der Waals surface area contributed by atoms with Gasteiger partial charge in [-0.25, -0.2) is 0 Å². The molecule has 0 aromatic heterocycles. The van der Waals surface area contributed by atoms with Crippen molar-refractivity contribution in [1.29, 1.82) is 0 Å². The molecule has 272 valence electrons. The van der Waals surface area contributed by atoms with Crippen LogP contribution in [0.1, 0.15) is 100 Å². The molecule has 1 saturated carbocycles. The van der Waals surface area contributed by atoms with Crippen LogP contribution >= 0.6 is 0 Å². The lowest BCUT2D eigenvalue weighted by Gasteiger charge is -2.28. The summed E-state index contributed by atoms with van der Waals surface area (Å²) in [6.45, 7) is 4.81. The summed E-state index contributed by atoms with van der Waals surface area (Å²) in [5, 5.41) is 11.6. The number of amides is 5. The van der Waals surface area contributed by atoms with Gasteiger partial charge in [0.15, 0.2) is 0 Å². The third-order valence-corrected chi connectivity index (χ3v) is 9.37. The Morgan fingerprint density at radius 2 is 1.52 bits per heavy atom. The molecular weight excluding hydrogens is 634 g/mol. The van der Waals surface area contributed by atoms with Crippen LogP contribution in [0, 0.1) is 5.92 Å². The van der Waals surface area contributed by atoms with Crippen LogP contribution in [0.2, 0.25) is 0 Å². The van der Waals surface area contributed by atoms with E-state index in [1.807, 2.05) is 44.2 Å². The molecular formula is C39H55N5O6. The molecule has 11 nitrogen and oxygen atoms in total. The van der Waals surface area contributed by atoms with Gasteiger partial charge in [0, 0.05) is 26.1 Å². The first-order valence-electron chi connectivity index (χ1n) is 18.3. The van der Waals surface area contributed by atoms with Crippen molar-refractivity contribution >= 4 is 29.5 Å². The van der Waals surface area contributed by atoms with E-state index in [-0.39, 0.29) is 29.9 Å². The van der Waals surface area contributed by atoms with Gasteiger partial charge in [-0.3, -0.25) is 24.0 Å². The van der Waals surface area contributed by atoms with Crippen molar-refractivity contribution in [2.75, 3.05) is 20.2 Å². The molecule has 5 amide bonds. The van der Waals surface area contributed by atoms with E-state index in [4.69, 9.17) is 4.74 Å². The second-order valence-corrected chi connectivity index (χ2v) is 14.1. The Balaban J connectivity index is 1.61. The zero-order chi connectivity index (χ0) is 35.9. The van der Waals surface area contributed by atoms with E-state index in [0.717, 1.165) is 63.4 Å². The van der Waals surface area contributed by atoms with Gasteiger partial charge in [-0.15, -0.1) is 0 Å². The van der Waals surface area contributed by atoms with Gasteiger partial charge in [0.05, 0.1) is 18.6 Å². The van der Waals surface area contributed by atoms with Crippen LogP contribution in [0.25, 0.3) is 0 Å². The Bertz CT molecular complexity index is 1430. The lowest BCUT2D eigenvalue weighted by molar-refractivity contribution is -0.137. The van der Waals surface area contributed by atoms with Gasteiger partial charge in [0.25, 0.3) is 5.91 Å². The van der Waals surface area contributed by atoms with Crippen molar-refractivity contribution < 1.29 is 28.7 Å². The summed E-state index contributed by atoms with van der Waals surface area (Å²) in [5.74, 6) is -1.77. The van der Waals surface area contributed by atoms with Gasteiger partial charge in [-0.1, -0.05) is 88.4 Å². The quantitative estimate of drug-likeness (QED) is 0.356. The van der Waals surface area contributed by atoms with E-state index in [1.54, 1.807) is 36.2 Å². The van der Waals surface area contributed by atoms with Crippen molar-refractivity contribution in [1.82, 2.24) is 26.2 Å². The predicted molar refractivity (Wildman–Crippen MR) is 192 cm³/mol. The molecule has 1 fully saturated rings. The minimum atomic E-state index is -1.18. The first-order chi connectivity index (χ1) is 24.1. The second kappa shape index (κ2) is 19.7. The van der Waals surface area contributed by atoms with E-state index in [0.29, 0.717) is 31.7 Å². The number of ether oxygens (including phenoxy) is 1. The Morgan fingerprint density at radius 1 is 0.840 bits per heavy atom. The topological polar surface area (TPSA) is 146 Å². The lowest BCUT2D eigenvalue weighted by Crippen LogP contribution is -2.56. The number of carbonyl (C=O) groups excluding carboxylic acids is 5. The summed E-state index contributed by atoms with van der Waals surface area (Å²) < 4.78 is 6.02. The van der Waals surface area contributed by atoms with Gasteiger partial charge in [0.1, 0.15) is 23.9 Å². The molecule has 1 aliphatic heterocycles. The van der Waals surface area contributed by atoms with E-state index in [9.17, 15) is 24.0 Å². The number of carbonyl (C=O) groups is 5. The Morgan fingerprint density at radius 3 is 2.26 bits per heavy atom. The average Bonchev–Trinajstić information content (AvgIpc) is 3.10. The highest BCUT2D eigenvalue weighted by Gasteiger charge is 2.32. The van der Waals surface area contributed by atoms with E-state index < -0.39 is 41.8 Å². The Hall–Kier alpha value is -4.41. The predicted octanol–water partition coefficient (Wildman–Crippen LogP) is 4.29. The molecule has 0 spiro atoms. The van der Waals surface area contributed by atoms with Crippen molar-refractivity contribution in [2.24, 2.45) is 5.92 Å². The van der Waals surface area contributed by atoms with E-state index in [2.05, 4.69) is 21.3 Å². The van der Waals surface area contributed by atoms with Gasteiger partial charge in [0.2, 0.25) is 23.6 Å². The number of likely N-dealkylation sites (N-methyl/N-ethyl adjacent to an activating group) is 1. The highest BCUT2D eigenvalue weighted by Crippen LogP contribution is 2.20. The first-order valence-corrected chi connectivity index (χ1v) is 18.3. The number of benzene rings is 2. The zero-order valence-electron chi connectivity index (χ0n) is 29.9. The smallest absolute Gasteiger partial charge is 0.255 e. The van der Waals surface area contributed by atoms with Crippen molar-refractivity contribution in [2.45, 2.75) is 115 Å². The molecule has 2 aromatic rings. The fourth-order valence-corrected chi connectivity index (χ4v) is 6.60. The number of nitrogens with one attached hydrogen (secondary N) is 4. The molecule has 3 atom stereocenters. The number of para-hydroxylation sites is 1. The average molecular weight is 690 g/mol. The number of nitrogens with zero attached hydrogens (tertiary/aromatic N) is 1. The van der Waals surface area contributed by atoms with Crippen LogP contribution in [0.5, 0.6) is 5.75 Å². The van der Waals surface area contributed by atoms with Crippen molar-refractivity contribution in [3.05, 3.63) is 65.7 Å². The fourth-order valence-electron chi connectivity index (χ4n) is 6.60. The number of rotatable bonds is 6. The molecule has 1 aliphatic carbocycles. The van der Waals surface area contributed by atoms with Gasteiger partial charge in [-0.05, 0) is 55.7 Å². The molecule has 4 N–H and O–H groups in total. The van der Waals surface area contributed by atoms with Gasteiger partial charge in [-0.2, -0.15) is 0 Å². The SMILES string of the molecule is CC(C)C[C@@H]1NC(=O)C[C@@H](C(=O)NC2CCCCC2)NC(=O)c2ccccc2OCCCCCCN(C)C(=O)[C@H](Cc2ccccc2)NC1=O. The molecule has 0 unspecified atom stereocenters. The third kappa shape index (κ3) is 12.2. The van der Waals surface area contributed by atoms with Crippen LogP contribution in [-0.2, 0) is 25.6 Å². The minimum absolute atomic E-state index is 0.0337. The van der Waals surface area contributed by atoms with Gasteiger partial charge >= 0.3 is 0 Å². The molecule has 1 heterocycles. The molecule has 2 aliphatic rings. The molecule has 4 rings (SSSR count). The maximum atomic E-state index is 13.9.